The molecule has 0 aromatic heterocycles. The van der Waals surface area contributed by atoms with Crippen LogP contribution >= 0.6 is 11.8 Å². The van der Waals surface area contributed by atoms with Gasteiger partial charge in [0.05, 0.1) is 19.1 Å². The first-order valence-electron chi connectivity index (χ1n) is 12.1. The predicted molar refractivity (Wildman–Crippen MR) is 142 cm³/mol. The quantitative estimate of drug-likeness (QED) is 0.291. The van der Waals surface area contributed by atoms with Crippen molar-refractivity contribution in [2.75, 3.05) is 31.7 Å². The van der Waals surface area contributed by atoms with E-state index in [0.29, 0.717) is 11.3 Å². The van der Waals surface area contributed by atoms with Crippen LogP contribution in [0.5, 0.6) is 0 Å². The molecule has 2 unspecified atom stereocenters. The summed E-state index contributed by atoms with van der Waals surface area (Å²) >= 11 is 1.49. The topological polar surface area (TPSA) is 138 Å². The Hall–Kier alpha value is -3.26. The minimum absolute atomic E-state index is 0.000623. The van der Waals surface area contributed by atoms with E-state index >= 15 is 0 Å². The van der Waals surface area contributed by atoms with Crippen molar-refractivity contribution >= 4 is 35.6 Å². The van der Waals surface area contributed by atoms with Gasteiger partial charge in [0.25, 0.3) is 0 Å². The Morgan fingerprint density at radius 2 is 1.92 bits per heavy atom. The molecule has 2 atom stereocenters. The first-order chi connectivity index (χ1) is 17.4. The maximum absolute atomic E-state index is 13.8. The maximum Gasteiger partial charge on any atom is 0.408 e. The highest BCUT2D eigenvalue weighted by atomic mass is 32.2. The van der Waals surface area contributed by atoms with Crippen LogP contribution in [-0.2, 0) is 23.9 Å². The van der Waals surface area contributed by atoms with Gasteiger partial charge < -0.3 is 25.0 Å². The van der Waals surface area contributed by atoms with Crippen LogP contribution < -0.4 is 10.6 Å². The van der Waals surface area contributed by atoms with Crippen LogP contribution in [0.15, 0.2) is 24.3 Å². The third-order valence-corrected chi connectivity index (χ3v) is 5.62. The van der Waals surface area contributed by atoms with Crippen molar-refractivity contribution in [3.8, 4) is 6.07 Å². The fraction of sp³-hybridized carbons (Fsp3) is 0.577. The second-order valence-corrected chi connectivity index (χ2v) is 10.3. The Morgan fingerprint density at radius 3 is 2.49 bits per heavy atom. The standard InChI is InChI=1S/C26H38N4O6S/c1-7-35-21(31)11-14-28-23(32)22(19-10-8-9-18(2)17-19)30(15-13-27)24(33)20(12-16-37-6)29-25(34)36-26(3,4)5/h8-10,17,20,22H,7,11-12,14-16H2,1-6H3,(H,28,32)(H,29,34). The zero-order valence-corrected chi connectivity index (χ0v) is 23.3. The Labute approximate surface area is 223 Å². The van der Waals surface area contributed by atoms with Crippen molar-refractivity contribution in [1.82, 2.24) is 15.5 Å². The molecule has 1 aromatic carbocycles. The van der Waals surface area contributed by atoms with Gasteiger partial charge in [-0.15, -0.1) is 0 Å². The lowest BCUT2D eigenvalue weighted by atomic mass is 10.0. The van der Waals surface area contributed by atoms with Crippen molar-refractivity contribution < 1.29 is 28.7 Å². The summed E-state index contributed by atoms with van der Waals surface area (Å²) in [5.74, 6) is -1.06. The summed E-state index contributed by atoms with van der Waals surface area (Å²) in [5, 5.41) is 14.9. The number of amides is 3. The number of nitriles is 1. The molecule has 0 spiro atoms. The van der Waals surface area contributed by atoms with Gasteiger partial charge in [-0.25, -0.2) is 4.79 Å². The molecule has 0 aliphatic heterocycles. The molecule has 0 radical (unpaired) electrons. The summed E-state index contributed by atoms with van der Waals surface area (Å²) < 4.78 is 10.2. The summed E-state index contributed by atoms with van der Waals surface area (Å²) in [7, 11) is 0. The Bertz CT molecular complexity index is 973. The molecule has 0 aliphatic rings. The molecule has 0 bridgehead atoms. The number of aryl methyl sites for hydroxylation is 1. The molecule has 0 saturated heterocycles. The summed E-state index contributed by atoms with van der Waals surface area (Å²) in [5.41, 5.74) is 0.585. The van der Waals surface area contributed by atoms with E-state index in [-0.39, 0.29) is 26.0 Å². The van der Waals surface area contributed by atoms with Crippen LogP contribution in [0.4, 0.5) is 4.79 Å². The zero-order valence-electron chi connectivity index (χ0n) is 22.5. The van der Waals surface area contributed by atoms with E-state index in [1.165, 1.54) is 11.8 Å². The molecule has 0 saturated carbocycles. The van der Waals surface area contributed by atoms with Crippen molar-refractivity contribution in [2.45, 2.75) is 65.1 Å². The predicted octanol–water partition coefficient (Wildman–Crippen LogP) is 3.10. The average molecular weight is 535 g/mol. The number of hydrogen-bond acceptors (Lipinski definition) is 8. The number of alkyl carbamates (subject to hydrolysis) is 1. The normalized spacial score (nSPS) is 12.5. The zero-order chi connectivity index (χ0) is 28.0. The smallest absolute Gasteiger partial charge is 0.408 e. The number of thioether (sulfide) groups is 1. The van der Waals surface area contributed by atoms with Gasteiger partial charge in [-0.3, -0.25) is 14.4 Å². The number of hydrogen-bond donors (Lipinski definition) is 2. The molecular weight excluding hydrogens is 496 g/mol. The SMILES string of the molecule is CCOC(=O)CCNC(=O)C(c1cccc(C)c1)N(CC#N)C(=O)C(CCSC)NC(=O)OC(C)(C)C. The molecule has 3 amide bonds. The second-order valence-electron chi connectivity index (χ2n) is 9.27. The van der Waals surface area contributed by atoms with Crippen LogP contribution in [0.1, 0.15) is 57.7 Å². The summed E-state index contributed by atoms with van der Waals surface area (Å²) in [6, 6.07) is 6.83. The van der Waals surface area contributed by atoms with Crippen molar-refractivity contribution in [3.05, 3.63) is 35.4 Å². The number of rotatable bonds is 13. The van der Waals surface area contributed by atoms with E-state index in [0.717, 1.165) is 10.5 Å². The molecular formula is C26H38N4O6S. The van der Waals surface area contributed by atoms with Gasteiger partial charge in [0.1, 0.15) is 24.2 Å². The van der Waals surface area contributed by atoms with Crippen LogP contribution in [0.3, 0.4) is 0 Å². The number of carbonyl (C=O) groups is 4. The lowest BCUT2D eigenvalue weighted by molar-refractivity contribution is -0.144. The second kappa shape index (κ2) is 15.8. The highest BCUT2D eigenvalue weighted by molar-refractivity contribution is 7.98. The number of ether oxygens (including phenoxy) is 2. The van der Waals surface area contributed by atoms with Gasteiger partial charge in [-0.2, -0.15) is 17.0 Å². The molecule has 10 nitrogen and oxygen atoms in total. The monoisotopic (exact) mass is 534 g/mol. The molecule has 0 aliphatic carbocycles. The van der Waals surface area contributed by atoms with Gasteiger partial charge in [-0.05, 0) is 58.6 Å². The minimum atomic E-state index is -1.16. The van der Waals surface area contributed by atoms with Gasteiger partial charge in [-0.1, -0.05) is 29.8 Å². The van der Waals surface area contributed by atoms with E-state index in [4.69, 9.17) is 9.47 Å². The third kappa shape index (κ3) is 11.6. The van der Waals surface area contributed by atoms with E-state index < -0.39 is 48.1 Å². The van der Waals surface area contributed by atoms with Gasteiger partial charge >= 0.3 is 12.1 Å². The summed E-state index contributed by atoms with van der Waals surface area (Å²) in [6.45, 7) is 8.50. The lowest BCUT2D eigenvalue weighted by Crippen LogP contribution is -2.53. The van der Waals surface area contributed by atoms with E-state index in [1.54, 1.807) is 45.9 Å². The number of nitrogens with zero attached hydrogens (tertiary/aromatic N) is 2. The third-order valence-electron chi connectivity index (χ3n) is 4.98. The van der Waals surface area contributed by atoms with Crippen LogP contribution in [-0.4, -0.2) is 72.1 Å². The van der Waals surface area contributed by atoms with Crippen LogP contribution in [0.2, 0.25) is 0 Å². The Kier molecular flexibility index (Phi) is 13.5. The highest BCUT2D eigenvalue weighted by Gasteiger charge is 2.36. The molecule has 1 rings (SSSR count). The Morgan fingerprint density at radius 1 is 1.22 bits per heavy atom. The van der Waals surface area contributed by atoms with E-state index in [9.17, 15) is 24.4 Å². The van der Waals surface area contributed by atoms with Gasteiger partial charge in [0.2, 0.25) is 11.8 Å². The fourth-order valence-corrected chi connectivity index (χ4v) is 3.92. The molecule has 0 heterocycles. The van der Waals surface area contributed by atoms with Gasteiger partial charge in [0, 0.05) is 6.54 Å². The Balaban J connectivity index is 3.32. The average Bonchev–Trinajstić information content (AvgIpc) is 2.80. The molecule has 204 valence electrons. The minimum Gasteiger partial charge on any atom is -0.466 e. The summed E-state index contributed by atoms with van der Waals surface area (Å²) in [6.07, 6.45) is 1.33. The van der Waals surface area contributed by atoms with Crippen molar-refractivity contribution in [3.63, 3.8) is 0 Å². The molecule has 1 aromatic rings. The fourth-order valence-electron chi connectivity index (χ4n) is 3.45. The first-order valence-corrected chi connectivity index (χ1v) is 13.5. The number of benzene rings is 1. The number of nitrogens with one attached hydrogen (secondary N) is 2. The molecule has 37 heavy (non-hydrogen) atoms. The first kappa shape index (κ1) is 31.8. The lowest BCUT2D eigenvalue weighted by Gasteiger charge is -2.33. The maximum atomic E-state index is 13.8. The van der Waals surface area contributed by atoms with Crippen molar-refractivity contribution in [2.24, 2.45) is 0 Å². The summed E-state index contributed by atoms with van der Waals surface area (Å²) in [4.78, 5) is 52.5. The molecule has 2 N–H and O–H groups in total. The van der Waals surface area contributed by atoms with Crippen LogP contribution in [0, 0.1) is 18.3 Å². The number of esters is 1. The highest BCUT2D eigenvalue weighted by Crippen LogP contribution is 2.24. The van der Waals surface area contributed by atoms with E-state index in [2.05, 4.69) is 10.6 Å². The number of carbonyl (C=O) groups excluding carboxylic acids is 4. The van der Waals surface area contributed by atoms with Crippen molar-refractivity contribution in [1.29, 1.82) is 5.26 Å². The van der Waals surface area contributed by atoms with Crippen LogP contribution in [0.25, 0.3) is 0 Å². The molecule has 11 heteroatoms. The van der Waals surface area contributed by atoms with Gasteiger partial charge in [0.15, 0.2) is 0 Å². The molecule has 0 fully saturated rings. The largest absolute Gasteiger partial charge is 0.466 e. The van der Waals surface area contributed by atoms with E-state index in [1.807, 2.05) is 25.3 Å².